The largest absolute Gasteiger partial charge is 0.364 e. The van der Waals surface area contributed by atoms with Gasteiger partial charge in [0.1, 0.15) is 0 Å². The summed E-state index contributed by atoms with van der Waals surface area (Å²) in [6, 6.07) is 6.71. The summed E-state index contributed by atoms with van der Waals surface area (Å²) in [7, 11) is 0. The number of anilines is 1. The summed E-state index contributed by atoms with van der Waals surface area (Å²) in [6.07, 6.45) is 1.19. The van der Waals surface area contributed by atoms with Gasteiger partial charge >= 0.3 is 0 Å². The molecule has 0 aliphatic rings. The topological polar surface area (TPSA) is 130 Å². The van der Waals surface area contributed by atoms with E-state index in [1.165, 1.54) is 6.08 Å². The quantitative estimate of drug-likeness (QED) is 0.563. The number of aromatic amines is 1. The van der Waals surface area contributed by atoms with Crippen molar-refractivity contribution in [1.82, 2.24) is 15.5 Å². The van der Waals surface area contributed by atoms with Crippen LogP contribution >= 0.6 is 0 Å². The van der Waals surface area contributed by atoms with Gasteiger partial charge in [-0.1, -0.05) is 32.6 Å². The maximum Gasteiger partial charge on any atom is 0.271 e. The van der Waals surface area contributed by atoms with E-state index >= 15 is 0 Å². The molecule has 2 aromatic rings. The number of carbonyl (C=O) groups excluding carboxylic acids is 3. The van der Waals surface area contributed by atoms with E-state index in [-0.39, 0.29) is 17.5 Å². The minimum absolute atomic E-state index is 0.00851. The van der Waals surface area contributed by atoms with Crippen LogP contribution in [-0.2, 0) is 11.3 Å². The van der Waals surface area contributed by atoms with Gasteiger partial charge in [0.05, 0.1) is 11.4 Å². The average Bonchev–Trinajstić information content (AvgIpc) is 3.04. The molecule has 0 spiro atoms. The minimum Gasteiger partial charge on any atom is -0.364 e. The van der Waals surface area contributed by atoms with Crippen LogP contribution in [0.1, 0.15) is 51.9 Å². The second-order valence-corrected chi connectivity index (χ2v) is 5.95. The van der Waals surface area contributed by atoms with Gasteiger partial charge in [0.25, 0.3) is 11.8 Å². The molecule has 0 saturated heterocycles. The van der Waals surface area contributed by atoms with E-state index in [0.29, 0.717) is 23.5 Å². The molecular weight excluding hydrogens is 334 g/mol. The Morgan fingerprint density at radius 1 is 1.27 bits per heavy atom. The van der Waals surface area contributed by atoms with Crippen molar-refractivity contribution in [3.63, 3.8) is 0 Å². The van der Waals surface area contributed by atoms with Crippen molar-refractivity contribution in [2.24, 2.45) is 5.73 Å². The van der Waals surface area contributed by atoms with Crippen LogP contribution in [0.5, 0.6) is 0 Å². The lowest BCUT2D eigenvalue weighted by molar-refractivity contribution is -0.116. The summed E-state index contributed by atoms with van der Waals surface area (Å²) in [5, 5.41) is 12.0. The summed E-state index contributed by atoms with van der Waals surface area (Å²) < 4.78 is 0. The van der Waals surface area contributed by atoms with Crippen LogP contribution in [0, 0.1) is 0 Å². The first kappa shape index (κ1) is 18.9. The molecule has 136 valence electrons. The summed E-state index contributed by atoms with van der Waals surface area (Å²) in [4.78, 5) is 35.2. The molecule has 0 fully saturated rings. The van der Waals surface area contributed by atoms with Gasteiger partial charge in [-0.25, -0.2) is 0 Å². The van der Waals surface area contributed by atoms with Gasteiger partial charge in [0.15, 0.2) is 5.69 Å². The number of amides is 3. The lowest BCUT2D eigenvalue weighted by Crippen LogP contribution is -2.20. The van der Waals surface area contributed by atoms with Gasteiger partial charge < -0.3 is 16.4 Å². The van der Waals surface area contributed by atoms with Gasteiger partial charge in [-0.3, -0.25) is 19.5 Å². The van der Waals surface area contributed by atoms with Crippen molar-refractivity contribution in [3.8, 4) is 0 Å². The molecule has 0 saturated carbocycles. The Morgan fingerprint density at radius 2 is 1.92 bits per heavy atom. The summed E-state index contributed by atoms with van der Waals surface area (Å²) in [5.74, 6) is -1.37. The Hall–Kier alpha value is -3.42. The lowest BCUT2D eigenvalue weighted by Gasteiger charge is -2.10. The number of hydrogen-bond acceptors (Lipinski definition) is 4. The van der Waals surface area contributed by atoms with Crippen molar-refractivity contribution in [2.75, 3.05) is 5.32 Å². The predicted molar refractivity (Wildman–Crippen MR) is 97.6 cm³/mol. The third kappa shape index (κ3) is 4.35. The van der Waals surface area contributed by atoms with Gasteiger partial charge in [-0.2, -0.15) is 5.10 Å². The van der Waals surface area contributed by atoms with E-state index in [1.54, 1.807) is 24.3 Å². The highest BCUT2D eigenvalue weighted by Gasteiger charge is 2.21. The molecule has 0 atom stereocenters. The van der Waals surface area contributed by atoms with E-state index < -0.39 is 11.8 Å². The number of nitrogens with zero attached hydrogens (tertiary/aromatic N) is 1. The molecular formula is C18H21N5O3. The molecule has 0 unspecified atom stereocenters. The molecule has 2 rings (SSSR count). The molecule has 8 heteroatoms. The van der Waals surface area contributed by atoms with Crippen LogP contribution in [0.4, 0.5) is 5.69 Å². The highest BCUT2D eigenvalue weighted by atomic mass is 16.2. The van der Waals surface area contributed by atoms with Crippen molar-refractivity contribution in [1.29, 1.82) is 0 Å². The van der Waals surface area contributed by atoms with E-state index in [1.807, 2.05) is 13.8 Å². The van der Waals surface area contributed by atoms with Gasteiger partial charge in [0, 0.05) is 12.1 Å². The molecule has 1 aromatic heterocycles. The number of carbonyl (C=O) groups is 3. The number of primary amides is 1. The number of nitrogens with one attached hydrogen (secondary N) is 3. The molecule has 1 aromatic carbocycles. The summed E-state index contributed by atoms with van der Waals surface area (Å²) in [6.45, 7) is 7.52. The van der Waals surface area contributed by atoms with E-state index in [0.717, 1.165) is 5.56 Å². The predicted octanol–water partition coefficient (Wildman–Crippen LogP) is 1.69. The van der Waals surface area contributed by atoms with Crippen molar-refractivity contribution >= 4 is 23.4 Å². The van der Waals surface area contributed by atoms with Gasteiger partial charge in [0.2, 0.25) is 5.91 Å². The van der Waals surface area contributed by atoms with Crippen LogP contribution in [-0.4, -0.2) is 27.9 Å². The van der Waals surface area contributed by atoms with E-state index in [9.17, 15) is 14.4 Å². The zero-order valence-corrected chi connectivity index (χ0v) is 14.6. The third-order valence-corrected chi connectivity index (χ3v) is 3.71. The molecule has 0 bridgehead atoms. The summed E-state index contributed by atoms with van der Waals surface area (Å²) in [5.41, 5.74) is 7.45. The van der Waals surface area contributed by atoms with Crippen molar-refractivity contribution < 1.29 is 14.4 Å². The standard InChI is InChI=1S/C18H21N5O3/c1-4-13(24)20-9-11-5-7-12(8-6-11)18(26)21-15-14(10(2)3)22-23-16(15)17(19)25/h4-8,10H,1,9H2,2-3H3,(H2,19,25)(H,20,24)(H,21,26)(H,22,23). The van der Waals surface area contributed by atoms with Crippen LogP contribution in [0.3, 0.4) is 0 Å². The lowest BCUT2D eigenvalue weighted by atomic mass is 10.1. The van der Waals surface area contributed by atoms with Gasteiger partial charge in [-0.05, 0) is 29.7 Å². The highest BCUT2D eigenvalue weighted by Crippen LogP contribution is 2.25. The second-order valence-electron chi connectivity index (χ2n) is 5.95. The molecule has 5 N–H and O–H groups in total. The maximum absolute atomic E-state index is 12.5. The molecule has 0 radical (unpaired) electrons. The number of aromatic nitrogens is 2. The monoisotopic (exact) mass is 355 g/mol. The third-order valence-electron chi connectivity index (χ3n) is 3.71. The Morgan fingerprint density at radius 3 is 2.46 bits per heavy atom. The highest BCUT2D eigenvalue weighted by molar-refractivity contribution is 6.08. The number of H-pyrrole nitrogens is 1. The fraction of sp³-hybridized carbons (Fsp3) is 0.222. The second kappa shape index (κ2) is 8.11. The van der Waals surface area contributed by atoms with Gasteiger partial charge in [-0.15, -0.1) is 0 Å². The molecule has 3 amide bonds. The Kier molecular flexibility index (Phi) is 5.90. The zero-order chi connectivity index (χ0) is 19.3. The van der Waals surface area contributed by atoms with Crippen LogP contribution in [0.15, 0.2) is 36.9 Å². The Labute approximate surface area is 150 Å². The minimum atomic E-state index is -0.725. The number of benzene rings is 1. The molecule has 8 nitrogen and oxygen atoms in total. The maximum atomic E-state index is 12.5. The normalized spacial score (nSPS) is 10.4. The number of hydrogen-bond donors (Lipinski definition) is 4. The Bertz CT molecular complexity index is 837. The summed E-state index contributed by atoms with van der Waals surface area (Å²) >= 11 is 0. The first-order chi connectivity index (χ1) is 12.3. The number of nitrogens with two attached hydrogens (primary N) is 1. The SMILES string of the molecule is C=CC(=O)NCc1ccc(C(=O)Nc2c(C(N)=O)n[nH]c2C(C)C)cc1. The smallest absolute Gasteiger partial charge is 0.271 e. The number of rotatable bonds is 7. The van der Waals surface area contributed by atoms with Crippen LogP contribution in [0.2, 0.25) is 0 Å². The van der Waals surface area contributed by atoms with Crippen LogP contribution < -0.4 is 16.4 Å². The fourth-order valence-electron chi connectivity index (χ4n) is 2.30. The Balaban J connectivity index is 2.15. The first-order valence-electron chi connectivity index (χ1n) is 8.02. The fourth-order valence-corrected chi connectivity index (χ4v) is 2.30. The van der Waals surface area contributed by atoms with Crippen molar-refractivity contribution in [2.45, 2.75) is 26.3 Å². The van der Waals surface area contributed by atoms with E-state index in [4.69, 9.17) is 5.73 Å². The van der Waals surface area contributed by atoms with Crippen LogP contribution in [0.25, 0.3) is 0 Å². The molecule has 26 heavy (non-hydrogen) atoms. The molecule has 1 heterocycles. The first-order valence-corrected chi connectivity index (χ1v) is 8.02. The molecule has 0 aliphatic carbocycles. The average molecular weight is 355 g/mol. The van der Waals surface area contributed by atoms with Crippen molar-refractivity contribution in [3.05, 3.63) is 59.4 Å². The van der Waals surface area contributed by atoms with E-state index in [2.05, 4.69) is 27.4 Å². The molecule has 0 aliphatic heterocycles. The zero-order valence-electron chi connectivity index (χ0n) is 14.6.